The van der Waals surface area contributed by atoms with Crippen LogP contribution in [0, 0.1) is 5.82 Å². The molecule has 0 aliphatic carbocycles. The van der Waals surface area contributed by atoms with Gasteiger partial charge in [0, 0.05) is 12.6 Å². The van der Waals surface area contributed by atoms with Gasteiger partial charge in [-0.3, -0.25) is 0 Å². The maximum Gasteiger partial charge on any atom is 0.407 e. The van der Waals surface area contributed by atoms with Crippen molar-refractivity contribution >= 4 is 6.09 Å². The lowest BCUT2D eigenvalue weighted by molar-refractivity contribution is 0.136. The van der Waals surface area contributed by atoms with Gasteiger partial charge in [-0.25, -0.2) is 9.18 Å². The molecule has 19 heavy (non-hydrogen) atoms. The summed E-state index contributed by atoms with van der Waals surface area (Å²) in [6.45, 7) is 1.69. The highest BCUT2D eigenvalue weighted by atomic mass is 19.1. The van der Waals surface area contributed by atoms with Crippen molar-refractivity contribution in [1.29, 1.82) is 0 Å². The molecule has 5 nitrogen and oxygen atoms in total. The number of ether oxygens (including phenoxy) is 2. The highest BCUT2D eigenvalue weighted by Gasteiger charge is 2.17. The lowest BCUT2D eigenvalue weighted by atomic mass is 10.2. The molecule has 1 unspecified atom stereocenters. The second kappa shape index (κ2) is 6.38. The number of amides is 1. The molecule has 0 radical (unpaired) electrons. The summed E-state index contributed by atoms with van der Waals surface area (Å²) in [6, 6.07) is 4.57. The number of carbonyl (C=O) groups excluding carboxylic acids is 1. The Labute approximate surface area is 111 Å². The zero-order valence-electron chi connectivity index (χ0n) is 10.7. The van der Waals surface area contributed by atoms with Crippen LogP contribution in [0.5, 0.6) is 5.75 Å². The largest absolute Gasteiger partial charge is 0.494 e. The Hall–Kier alpha value is -1.82. The maximum atomic E-state index is 13.4. The summed E-state index contributed by atoms with van der Waals surface area (Å²) in [5.41, 5.74) is 0.581. The van der Waals surface area contributed by atoms with Crippen molar-refractivity contribution in [2.45, 2.75) is 19.1 Å². The first-order valence-electron chi connectivity index (χ1n) is 6.15. The van der Waals surface area contributed by atoms with Crippen LogP contribution in [-0.4, -0.2) is 32.3 Å². The summed E-state index contributed by atoms with van der Waals surface area (Å²) in [5.74, 6) is -0.297. The van der Waals surface area contributed by atoms with Crippen LogP contribution < -0.4 is 15.4 Å². The number of methoxy groups -OCH3 is 1. The van der Waals surface area contributed by atoms with Crippen LogP contribution in [0.15, 0.2) is 18.2 Å². The van der Waals surface area contributed by atoms with Crippen LogP contribution in [-0.2, 0) is 11.3 Å². The Kier molecular flexibility index (Phi) is 4.57. The van der Waals surface area contributed by atoms with Crippen molar-refractivity contribution in [3.8, 4) is 5.75 Å². The summed E-state index contributed by atoms with van der Waals surface area (Å²) < 4.78 is 23.3. The van der Waals surface area contributed by atoms with E-state index >= 15 is 0 Å². The minimum Gasteiger partial charge on any atom is -0.494 e. The van der Waals surface area contributed by atoms with Gasteiger partial charge in [-0.05, 0) is 30.7 Å². The molecule has 1 aliphatic heterocycles. The first-order valence-corrected chi connectivity index (χ1v) is 6.15. The standard InChI is InChI=1S/C13H17FN2O3/c1-18-12-3-2-9(6-11(12)14)8-19-13(17)16-10-4-5-15-7-10/h2-3,6,10,15H,4-5,7-8H2,1H3,(H,16,17). The maximum absolute atomic E-state index is 13.4. The minimum absolute atomic E-state index is 0.0346. The van der Waals surface area contributed by atoms with Gasteiger partial charge in [-0.15, -0.1) is 0 Å². The SMILES string of the molecule is COc1ccc(COC(=O)NC2CCNC2)cc1F. The summed E-state index contributed by atoms with van der Waals surface area (Å²) in [5, 5.41) is 5.88. The van der Waals surface area contributed by atoms with E-state index in [-0.39, 0.29) is 18.4 Å². The summed E-state index contributed by atoms with van der Waals surface area (Å²) in [6.07, 6.45) is 0.414. The van der Waals surface area contributed by atoms with E-state index in [4.69, 9.17) is 9.47 Å². The first-order chi connectivity index (χ1) is 9.19. The predicted molar refractivity (Wildman–Crippen MR) is 67.5 cm³/mol. The van der Waals surface area contributed by atoms with E-state index in [9.17, 15) is 9.18 Å². The molecule has 1 aromatic carbocycles. The fourth-order valence-electron chi connectivity index (χ4n) is 1.93. The molecule has 0 bridgehead atoms. The summed E-state index contributed by atoms with van der Waals surface area (Å²) >= 11 is 0. The lowest BCUT2D eigenvalue weighted by Gasteiger charge is -2.12. The molecule has 1 saturated heterocycles. The van der Waals surface area contributed by atoms with Gasteiger partial charge in [0.25, 0.3) is 0 Å². The van der Waals surface area contributed by atoms with E-state index in [1.807, 2.05) is 0 Å². The molecule has 1 amide bonds. The van der Waals surface area contributed by atoms with Crippen molar-refractivity contribution < 1.29 is 18.7 Å². The van der Waals surface area contributed by atoms with Crippen molar-refractivity contribution in [3.05, 3.63) is 29.6 Å². The molecular formula is C13H17FN2O3. The molecule has 1 heterocycles. The van der Waals surface area contributed by atoms with Crippen LogP contribution in [0.4, 0.5) is 9.18 Å². The van der Waals surface area contributed by atoms with Gasteiger partial charge in [0.05, 0.1) is 7.11 Å². The van der Waals surface area contributed by atoms with Crippen molar-refractivity contribution in [2.75, 3.05) is 20.2 Å². The smallest absolute Gasteiger partial charge is 0.407 e. The normalized spacial score (nSPS) is 18.1. The second-order valence-corrected chi connectivity index (χ2v) is 4.38. The molecular weight excluding hydrogens is 251 g/mol. The Morgan fingerprint density at radius 1 is 1.58 bits per heavy atom. The van der Waals surface area contributed by atoms with Crippen molar-refractivity contribution in [1.82, 2.24) is 10.6 Å². The van der Waals surface area contributed by atoms with Gasteiger partial charge in [0.1, 0.15) is 6.61 Å². The van der Waals surface area contributed by atoms with E-state index in [2.05, 4.69) is 10.6 Å². The van der Waals surface area contributed by atoms with Crippen molar-refractivity contribution in [2.24, 2.45) is 0 Å². The number of hydrogen-bond acceptors (Lipinski definition) is 4. The molecule has 0 saturated carbocycles. The van der Waals surface area contributed by atoms with Gasteiger partial charge >= 0.3 is 6.09 Å². The Balaban J connectivity index is 1.81. The molecule has 2 rings (SSSR count). The highest BCUT2D eigenvalue weighted by molar-refractivity contribution is 5.67. The van der Waals surface area contributed by atoms with Crippen molar-refractivity contribution in [3.63, 3.8) is 0 Å². The zero-order chi connectivity index (χ0) is 13.7. The Bertz CT molecular complexity index is 448. The van der Waals surface area contributed by atoms with Gasteiger partial charge in [-0.2, -0.15) is 0 Å². The molecule has 1 aliphatic rings. The number of hydrogen-bond donors (Lipinski definition) is 2. The molecule has 1 fully saturated rings. The van der Waals surface area contributed by atoms with Crippen LogP contribution >= 0.6 is 0 Å². The predicted octanol–water partition coefficient (Wildman–Crippen LogP) is 1.42. The number of alkyl carbamates (subject to hydrolysis) is 1. The van der Waals surface area contributed by atoms with E-state index in [0.29, 0.717) is 5.56 Å². The highest BCUT2D eigenvalue weighted by Crippen LogP contribution is 2.18. The third kappa shape index (κ3) is 3.82. The van der Waals surface area contributed by atoms with Gasteiger partial charge in [-0.1, -0.05) is 6.07 Å². The van der Waals surface area contributed by atoms with E-state index < -0.39 is 11.9 Å². The number of benzene rings is 1. The van der Waals surface area contributed by atoms with Gasteiger partial charge < -0.3 is 20.1 Å². The third-order valence-electron chi connectivity index (χ3n) is 2.97. The van der Waals surface area contributed by atoms with Gasteiger partial charge in [0.2, 0.25) is 0 Å². The average molecular weight is 268 g/mol. The number of nitrogens with one attached hydrogen (secondary N) is 2. The topological polar surface area (TPSA) is 59.6 Å². The molecule has 0 spiro atoms. The third-order valence-corrected chi connectivity index (χ3v) is 2.97. The van der Waals surface area contributed by atoms with E-state index in [1.54, 1.807) is 6.07 Å². The fourth-order valence-corrected chi connectivity index (χ4v) is 1.93. The van der Waals surface area contributed by atoms with Crippen LogP contribution in [0.2, 0.25) is 0 Å². The average Bonchev–Trinajstić information content (AvgIpc) is 2.89. The fraction of sp³-hybridized carbons (Fsp3) is 0.462. The van der Waals surface area contributed by atoms with Crippen LogP contribution in [0.1, 0.15) is 12.0 Å². The monoisotopic (exact) mass is 268 g/mol. The van der Waals surface area contributed by atoms with E-state index in [1.165, 1.54) is 19.2 Å². The molecule has 104 valence electrons. The summed E-state index contributed by atoms with van der Waals surface area (Å²) in [7, 11) is 1.40. The Morgan fingerprint density at radius 3 is 3.05 bits per heavy atom. The first kappa shape index (κ1) is 13.6. The number of rotatable bonds is 4. The van der Waals surface area contributed by atoms with Crippen LogP contribution in [0.3, 0.4) is 0 Å². The lowest BCUT2D eigenvalue weighted by Crippen LogP contribution is -2.36. The Morgan fingerprint density at radius 2 is 2.42 bits per heavy atom. The van der Waals surface area contributed by atoms with Crippen LogP contribution in [0.25, 0.3) is 0 Å². The number of carbonyl (C=O) groups is 1. The molecule has 1 atom stereocenters. The molecule has 1 aromatic rings. The summed E-state index contributed by atoms with van der Waals surface area (Å²) in [4.78, 5) is 11.5. The minimum atomic E-state index is -0.482. The molecule has 2 N–H and O–H groups in total. The van der Waals surface area contributed by atoms with E-state index in [0.717, 1.165) is 19.5 Å². The molecule has 0 aromatic heterocycles. The van der Waals surface area contributed by atoms with Gasteiger partial charge in [0.15, 0.2) is 11.6 Å². The zero-order valence-corrected chi connectivity index (χ0v) is 10.7. The second-order valence-electron chi connectivity index (χ2n) is 4.38. The number of halogens is 1. The quantitative estimate of drug-likeness (QED) is 0.867. The molecule has 6 heteroatoms.